The Kier molecular flexibility index (Phi) is 3.51. The molecule has 3 N–H and O–H groups in total. The summed E-state index contributed by atoms with van der Waals surface area (Å²) in [6, 6.07) is 17.5. The van der Waals surface area contributed by atoms with Crippen LogP contribution in [0.5, 0.6) is 0 Å². The molecule has 0 radical (unpaired) electrons. The van der Waals surface area contributed by atoms with E-state index < -0.39 is 0 Å². The zero-order chi connectivity index (χ0) is 14.7. The van der Waals surface area contributed by atoms with Gasteiger partial charge in [0.2, 0.25) is 5.95 Å². The summed E-state index contributed by atoms with van der Waals surface area (Å²) < 4.78 is 1.67. The van der Waals surface area contributed by atoms with Crippen LogP contribution < -0.4 is 11.1 Å². The van der Waals surface area contributed by atoms with Gasteiger partial charge in [0.15, 0.2) is 0 Å². The topological polar surface area (TPSA) is 81.7 Å². The first-order chi connectivity index (χ1) is 10.2. The molecule has 3 rings (SSSR count). The van der Waals surface area contributed by atoms with E-state index in [-0.39, 0.29) is 6.04 Å². The lowest BCUT2D eigenvalue weighted by Crippen LogP contribution is -2.12. The van der Waals surface area contributed by atoms with Crippen molar-refractivity contribution in [1.82, 2.24) is 20.2 Å². The molecule has 1 aromatic heterocycles. The van der Waals surface area contributed by atoms with E-state index in [1.165, 1.54) is 0 Å². The second-order valence-electron chi connectivity index (χ2n) is 4.79. The monoisotopic (exact) mass is 280 g/mol. The molecule has 21 heavy (non-hydrogen) atoms. The summed E-state index contributed by atoms with van der Waals surface area (Å²) >= 11 is 0. The molecule has 0 fully saturated rings. The third kappa shape index (κ3) is 2.84. The number of nitrogens with zero attached hydrogens (tertiary/aromatic N) is 4. The molecule has 1 atom stereocenters. The standard InChI is InChI=1S/C15H16N6/c1-11(12-6-5-7-13(16)10-12)17-15-18-19-20-21(15)14-8-3-2-4-9-14/h2-11H,16H2,1H3,(H,17,18,20). The number of hydrogen-bond acceptors (Lipinski definition) is 5. The van der Waals surface area contributed by atoms with E-state index in [0.717, 1.165) is 16.9 Å². The van der Waals surface area contributed by atoms with Gasteiger partial charge in [0.1, 0.15) is 0 Å². The number of aromatic nitrogens is 4. The van der Waals surface area contributed by atoms with E-state index in [1.54, 1.807) is 4.68 Å². The van der Waals surface area contributed by atoms with Crippen LogP contribution in [-0.2, 0) is 0 Å². The molecule has 2 aromatic carbocycles. The average molecular weight is 280 g/mol. The summed E-state index contributed by atoms with van der Waals surface area (Å²) in [6.07, 6.45) is 0. The Morgan fingerprint density at radius 3 is 2.67 bits per heavy atom. The summed E-state index contributed by atoms with van der Waals surface area (Å²) in [4.78, 5) is 0. The summed E-state index contributed by atoms with van der Waals surface area (Å²) in [5, 5.41) is 15.1. The Morgan fingerprint density at radius 2 is 1.90 bits per heavy atom. The number of nitrogens with two attached hydrogens (primary N) is 1. The lowest BCUT2D eigenvalue weighted by Gasteiger charge is -2.15. The molecule has 6 heteroatoms. The van der Waals surface area contributed by atoms with Crippen molar-refractivity contribution in [2.45, 2.75) is 13.0 Å². The number of rotatable bonds is 4. The number of hydrogen-bond donors (Lipinski definition) is 2. The fourth-order valence-corrected chi connectivity index (χ4v) is 2.13. The third-order valence-corrected chi connectivity index (χ3v) is 3.23. The van der Waals surface area contributed by atoms with E-state index in [0.29, 0.717) is 5.95 Å². The lowest BCUT2D eigenvalue weighted by molar-refractivity contribution is 0.780. The molecule has 1 heterocycles. The van der Waals surface area contributed by atoms with Gasteiger partial charge in [0.05, 0.1) is 11.7 Å². The van der Waals surface area contributed by atoms with Crippen molar-refractivity contribution in [3.8, 4) is 5.69 Å². The van der Waals surface area contributed by atoms with Crippen LogP contribution in [-0.4, -0.2) is 20.2 Å². The van der Waals surface area contributed by atoms with Crippen molar-refractivity contribution in [1.29, 1.82) is 0 Å². The lowest BCUT2D eigenvalue weighted by atomic mass is 10.1. The van der Waals surface area contributed by atoms with Gasteiger partial charge in [-0.05, 0) is 47.2 Å². The first-order valence-corrected chi connectivity index (χ1v) is 6.70. The van der Waals surface area contributed by atoms with Gasteiger partial charge in [-0.3, -0.25) is 0 Å². The molecule has 3 aromatic rings. The van der Waals surface area contributed by atoms with Crippen LogP contribution in [0.25, 0.3) is 5.69 Å². The Morgan fingerprint density at radius 1 is 1.10 bits per heavy atom. The minimum atomic E-state index is 0.0435. The van der Waals surface area contributed by atoms with Gasteiger partial charge < -0.3 is 11.1 Å². The maximum atomic E-state index is 5.82. The molecule has 0 aliphatic rings. The molecular formula is C15H16N6. The van der Waals surface area contributed by atoms with E-state index in [9.17, 15) is 0 Å². The number of nitrogens with one attached hydrogen (secondary N) is 1. The Hall–Kier alpha value is -2.89. The second kappa shape index (κ2) is 5.62. The Labute approximate surface area is 122 Å². The molecule has 6 nitrogen and oxygen atoms in total. The molecular weight excluding hydrogens is 264 g/mol. The third-order valence-electron chi connectivity index (χ3n) is 3.23. The minimum Gasteiger partial charge on any atom is -0.399 e. The molecule has 0 saturated heterocycles. The molecule has 0 amide bonds. The molecule has 0 aliphatic carbocycles. The van der Waals surface area contributed by atoms with Gasteiger partial charge in [-0.25, -0.2) is 0 Å². The first kappa shape index (κ1) is 13.1. The quantitative estimate of drug-likeness (QED) is 0.717. The number of anilines is 2. The van der Waals surface area contributed by atoms with Crippen LogP contribution in [0, 0.1) is 0 Å². The molecule has 1 unspecified atom stereocenters. The van der Waals surface area contributed by atoms with Gasteiger partial charge in [-0.2, -0.15) is 4.68 Å². The van der Waals surface area contributed by atoms with Gasteiger partial charge in [-0.1, -0.05) is 35.4 Å². The number of nitrogen functional groups attached to an aromatic ring is 1. The highest BCUT2D eigenvalue weighted by atomic mass is 15.6. The SMILES string of the molecule is CC(Nc1nnnn1-c1ccccc1)c1cccc(N)c1. The molecule has 0 saturated carbocycles. The van der Waals surface area contributed by atoms with Crippen molar-refractivity contribution in [2.24, 2.45) is 0 Å². The fraction of sp³-hybridized carbons (Fsp3) is 0.133. The predicted molar refractivity (Wildman–Crippen MR) is 82.0 cm³/mol. The Bertz CT molecular complexity index is 722. The van der Waals surface area contributed by atoms with Crippen LogP contribution >= 0.6 is 0 Å². The highest BCUT2D eigenvalue weighted by molar-refractivity contribution is 5.45. The van der Waals surface area contributed by atoms with Crippen LogP contribution in [0.1, 0.15) is 18.5 Å². The molecule has 0 bridgehead atoms. The van der Waals surface area contributed by atoms with Crippen LogP contribution in [0.2, 0.25) is 0 Å². The number of tetrazole rings is 1. The van der Waals surface area contributed by atoms with Crippen molar-refractivity contribution in [3.05, 3.63) is 60.2 Å². The van der Waals surface area contributed by atoms with E-state index in [1.807, 2.05) is 61.5 Å². The smallest absolute Gasteiger partial charge is 0.248 e. The zero-order valence-corrected chi connectivity index (χ0v) is 11.6. The van der Waals surface area contributed by atoms with Gasteiger partial charge in [-0.15, -0.1) is 0 Å². The van der Waals surface area contributed by atoms with Crippen molar-refractivity contribution in [3.63, 3.8) is 0 Å². The number of benzene rings is 2. The maximum absolute atomic E-state index is 5.82. The van der Waals surface area contributed by atoms with Crippen LogP contribution in [0.3, 0.4) is 0 Å². The summed E-state index contributed by atoms with van der Waals surface area (Å²) in [7, 11) is 0. The normalized spacial score (nSPS) is 12.0. The molecule has 106 valence electrons. The van der Waals surface area contributed by atoms with Gasteiger partial charge >= 0.3 is 0 Å². The average Bonchev–Trinajstić information content (AvgIpc) is 2.96. The highest BCUT2D eigenvalue weighted by Gasteiger charge is 2.12. The summed E-state index contributed by atoms with van der Waals surface area (Å²) in [5.41, 5.74) is 8.55. The molecule has 0 spiro atoms. The first-order valence-electron chi connectivity index (χ1n) is 6.70. The summed E-state index contributed by atoms with van der Waals surface area (Å²) in [5.74, 6) is 0.594. The van der Waals surface area contributed by atoms with E-state index in [2.05, 4.69) is 20.8 Å². The van der Waals surface area contributed by atoms with Gasteiger partial charge in [0, 0.05) is 5.69 Å². The van der Waals surface area contributed by atoms with Crippen LogP contribution in [0.4, 0.5) is 11.6 Å². The fourth-order valence-electron chi connectivity index (χ4n) is 2.13. The highest BCUT2D eigenvalue weighted by Crippen LogP contribution is 2.20. The van der Waals surface area contributed by atoms with Crippen molar-refractivity contribution in [2.75, 3.05) is 11.1 Å². The Balaban J connectivity index is 1.85. The van der Waals surface area contributed by atoms with Gasteiger partial charge in [0.25, 0.3) is 0 Å². The number of para-hydroxylation sites is 1. The largest absolute Gasteiger partial charge is 0.399 e. The van der Waals surface area contributed by atoms with Crippen molar-refractivity contribution >= 4 is 11.6 Å². The van der Waals surface area contributed by atoms with Crippen molar-refractivity contribution < 1.29 is 0 Å². The zero-order valence-electron chi connectivity index (χ0n) is 11.6. The maximum Gasteiger partial charge on any atom is 0.248 e. The predicted octanol–water partition coefficient (Wildman–Crippen LogP) is 2.42. The molecule has 0 aliphatic heterocycles. The van der Waals surface area contributed by atoms with Crippen LogP contribution in [0.15, 0.2) is 54.6 Å². The minimum absolute atomic E-state index is 0.0435. The van der Waals surface area contributed by atoms with E-state index >= 15 is 0 Å². The van der Waals surface area contributed by atoms with E-state index in [4.69, 9.17) is 5.73 Å². The second-order valence-corrected chi connectivity index (χ2v) is 4.79. The summed E-state index contributed by atoms with van der Waals surface area (Å²) in [6.45, 7) is 2.04.